The Morgan fingerprint density at radius 1 is 1.05 bits per heavy atom. The zero-order chi connectivity index (χ0) is 15.0. The fraction of sp³-hybridized carbons (Fsp3) is 0.667. The Balaban J connectivity index is 2.61. The molecule has 0 fully saturated rings. The largest absolute Gasteiger partial charge is 0.388 e. The molecule has 0 aliphatic carbocycles. The van der Waals surface area contributed by atoms with E-state index in [0.717, 1.165) is 18.5 Å². The first-order valence-corrected chi connectivity index (χ1v) is 8.08. The molecule has 0 aromatic heterocycles. The number of benzene rings is 1. The second kappa shape index (κ2) is 9.15. The van der Waals surface area contributed by atoms with Crippen LogP contribution >= 0.6 is 0 Å². The fourth-order valence-corrected chi connectivity index (χ4v) is 2.77. The molecule has 0 amide bonds. The molecule has 0 saturated heterocycles. The van der Waals surface area contributed by atoms with Gasteiger partial charge < -0.3 is 10.4 Å². The first-order chi connectivity index (χ1) is 9.61. The van der Waals surface area contributed by atoms with Crippen LogP contribution in [0.1, 0.15) is 58.6 Å². The van der Waals surface area contributed by atoms with E-state index in [9.17, 15) is 5.11 Å². The SMILES string of the molecule is CCCCNC(CC)C(C)C(C)C(O)c1ccccc1. The number of hydrogen-bond acceptors (Lipinski definition) is 2. The lowest BCUT2D eigenvalue weighted by molar-refractivity contribution is 0.0733. The van der Waals surface area contributed by atoms with Crippen LogP contribution in [0, 0.1) is 11.8 Å². The van der Waals surface area contributed by atoms with Crippen molar-refractivity contribution in [3.63, 3.8) is 0 Å². The molecule has 20 heavy (non-hydrogen) atoms. The molecule has 0 bridgehead atoms. The Morgan fingerprint density at radius 3 is 2.25 bits per heavy atom. The van der Waals surface area contributed by atoms with Crippen molar-refractivity contribution in [2.75, 3.05) is 6.54 Å². The Bertz CT molecular complexity index is 352. The van der Waals surface area contributed by atoms with Gasteiger partial charge in [-0.25, -0.2) is 0 Å². The summed E-state index contributed by atoms with van der Waals surface area (Å²) in [7, 11) is 0. The Hall–Kier alpha value is -0.860. The first-order valence-electron chi connectivity index (χ1n) is 8.08. The van der Waals surface area contributed by atoms with Crippen LogP contribution in [0.4, 0.5) is 0 Å². The number of unbranched alkanes of at least 4 members (excludes halogenated alkanes) is 1. The number of rotatable bonds is 9. The molecule has 2 N–H and O–H groups in total. The van der Waals surface area contributed by atoms with E-state index >= 15 is 0 Å². The maximum absolute atomic E-state index is 10.5. The predicted octanol–water partition coefficient (Wildman–Crippen LogP) is 4.16. The second-order valence-corrected chi connectivity index (χ2v) is 5.90. The third-order valence-electron chi connectivity index (χ3n) is 4.48. The van der Waals surface area contributed by atoms with Crippen LogP contribution in [0.3, 0.4) is 0 Å². The third-order valence-corrected chi connectivity index (χ3v) is 4.48. The standard InChI is InChI=1S/C18H31NO/c1-5-7-13-19-17(6-2)14(3)15(4)18(20)16-11-9-8-10-12-16/h8-12,14-15,17-20H,5-7,13H2,1-4H3. The molecule has 1 rings (SSSR count). The molecule has 2 nitrogen and oxygen atoms in total. The molecule has 114 valence electrons. The van der Waals surface area contributed by atoms with Gasteiger partial charge in [0.05, 0.1) is 6.10 Å². The Labute approximate surface area is 124 Å². The van der Waals surface area contributed by atoms with Crippen molar-refractivity contribution in [2.24, 2.45) is 11.8 Å². The molecule has 0 saturated carbocycles. The topological polar surface area (TPSA) is 32.3 Å². The summed E-state index contributed by atoms with van der Waals surface area (Å²) in [6.07, 6.45) is 3.17. The maximum Gasteiger partial charge on any atom is 0.0818 e. The Morgan fingerprint density at radius 2 is 1.70 bits per heavy atom. The van der Waals surface area contributed by atoms with Crippen molar-refractivity contribution >= 4 is 0 Å². The summed E-state index contributed by atoms with van der Waals surface area (Å²) in [5.41, 5.74) is 1.02. The van der Waals surface area contributed by atoms with Gasteiger partial charge >= 0.3 is 0 Å². The smallest absolute Gasteiger partial charge is 0.0818 e. The van der Waals surface area contributed by atoms with Gasteiger partial charge in [-0.1, -0.05) is 64.4 Å². The van der Waals surface area contributed by atoms with Crippen molar-refractivity contribution < 1.29 is 5.11 Å². The maximum atomic E-state index is 10.5. The summed E-state index contributed by atoms with van der Waals surface area (Å²) >= 11 is 0. The van der Waals surface area contributed by atoms with Gasteiger partial charge in [-0.05, 0) is 36.8 Å². The highest BCUT2D eigenvalue weighted by Gasteiger charge is 2.27. The fourth-order valence-electron chi connectivity index (χ4n) is 2.77. The number of aliphatic hydroxyl groups excluding tert-OH is 1. The van der Waals surface area contributed by atoms with Gasteiger partial charge in [0.1, 0.15) is 0 Å². The summed E-state index contributed by atoms with van der Waals surface area (Å²) in [5.74, 6) is 0.698. The summed E-state index contributed by atoms with van der Waals surface area (Å²) in [4.78, 5) is 0. The minimum Gasteiger partial charge on any atom is -0.388 e. The average Bonchev–Trinajstić information content (AvgIpc) is 2.50. The van der Waals surface area contributed by atoms with Crippen LogP contribution in [0.2, 0.25) is 0 Å². The molecule has 2 heteroatoms. The zero-order valence-electron chi connectivity index (χ0n) is 13.5. The van der Waals surface area contributed by atoms with Gasteiger partial charge in [0, 0.05) is 6.04 Å². The van der Waals surface area contributed by atoms with E-state index in [-0.39, 0.29) is 12.0 Å². The minimum absolute atomic E-state index is 0.247. The van der Waals surface area contributed by atoms with Crippen molar-refractivity contribution in [2.45, 2.75) is 59.1 Å². The van der Waals surface area contributed by atoms with Gasteiger partial charge in [0.15, 0.2) is 0 Å². The highest BCUT2D eigenvalue weighted by atomic mass is 16.3. The normalized spacial score (nSPS) is 17.4. The molecule has 4 unspecified atom stereocenters. The highest BCUT2D eigenvalue weighted by Crippen LogP contribution is 2.30. The molecular formula is C18H31NO. The van der Waals surface area contributed by atoms with Crippen molar-refractivity contribution in [1.29, 1.82) is 0 Å². The minimum atomic E-state index is -0.381. The first kappa shape index (κ1) is 17.2. The summed E-state index contributed by atoms with van der Waals surface area (Å²) in [6.45, 7) is 9.93. The van der Waals surface area contributed by atoms with E-state index in [4.69, 9.17) is 0 Å². The van der Waals surface area contributed by atoms with Gasteiger partial charge in [-0.3, -0.25) is 0 Å². The van der Waals surface area contributed by atoms with E-state index in [1.165, 1.54) is 12.8 Å². The quantitative estimate of drug-likeness (QED) is 0.664. The van der Waals surface area contributed by atoms with Crippen LogP contribution in [0.25, 0.3) is 0 Å². The van der Waals surface area contributed by atoms with Crippen LogP contribution in [0.15, 0.2) is 30.3 Å². The van der Waals surface area contributed by atoms with Gasteiger partial charge in [-0.15, -0.1) is 0 Å². The highest BCUT2D eigenvalue weighted by molar-refractivity contribution is 5.18. The van der Waals surface area contributed by atoms with E-state index in [1.807, 2.05) is 30.3 Å². The second-order valence-electron chi connectivity index (χ2n) is 5.90. The molecule has 0 aliphatic rings. The molecule has 0 radical (unpaired) electrons. The zero-order valence-corrected chi connectivity index (χ0v) is 13.5. The van der Waals surface area contributed by atoms with E-state index < -0.39 is 0 Å². The van der Waals surface area contributed by atoms with E-state index in [2.05, 4.69) is 33.0 Å². The average molecular weight is 277 g/mol. The number of hydrogen-bond donors (Lipinski definition) is 2. The van der Waals surface area contributed by atoms with Gasteiger partial charge in [0.2, 0.25) is 0 Å². The van der Waals surface area contributed by atoms with E-state index in [0.29, 0.717) is 12.0 Å². The lowest BCUT2D eigenvalue weighted by Crippen LogP contribution is -2.39. The van der Waals surface area contributed by atoms with Crippen LogP contribution < -0.4 is 5.32 Å². The van der Waals surface area contributed by atoms with Gasteiger partial charge in [-0.2, -0.15) is 0 Å². The van der Waals surface area contributed by atoms with Gasteiger partial charge in [0.25, 0.3) is 0 Å². The lowest BCUT2D eigenvalue weighted by Gasteiger charge is -2.32. The molecule has 1 aromatic rings. The molecule has 0 spiro atoms. The predicted molar refractivity (Wildman–Crippen MR) is 86.7 cm³/mol. The van der Waals surface area contributed by atoms with Crippen molar-refractivity contribution in [1.82, 2.24) is 5.32 Å². The summed E-state index contributed by atoms with van der Waals surface area (Å²) in [5, 5.41) is 14.2. The summed E-state index contributed by atoms with van der Waals surface area (Å²) < 4.78 is 0. The van der Waals surface area contributed by atoms with Crippen molar-refractivity contribution in [3.05, 3.63) is 35.9 Å². The Kier molecular flexibility index (Phi) is 7.86. The molecule has 1 aromatic carbocycles. The molecule has 4 atom stereocenters. The lowest BCUT2D eigenvalue weighted by atomic mass is 9.81. The molecule has 0 heterocycles. The third kappa shape index (κ3) is 4.92. The number of nitrogens with one attached hydrogen (secondary N) is 1. The number of aliphatic hydroxyl groups is 1. The molecular weight excluding hydrogens is 246 g/mol. The molecule has 0 aliphatic heterocycles. The monoisotopic (exact) mass is 277 g/mol. The van der Waals surface area contributed by atoms with Crippen LogP contribution in [0.5, 0.6) is 0 Å². The van der Waals surface area contributed by atoms with Crippen LogP contribution in [-0.4, -0.2) is 17.7 Å². The van der Waals surface area contributed by atoms with Crippen LogP contribution in [-0.2, 0) is 0 Å². The van der Waals surface area contributed by atoms with Crippen molar-refractivity contribution in [3.8, 4) is 0 Å². The van der Waals surface area contributed by atoms with E-state index in [1.54, 1.807) is 0 Å². The summed E-state index contributed by atoms with van der Waals surface area (Å²) in [6, 6.07) is 10.5.